The number of likely N-dealkylation sites (tertiary alicyclic amines) is 1. The largest absolute Gasteiger partial charge is 0.299 e. The highest BCUT2D eigenvalue weighted by Crippen LogP contribution is 2.23. The van der Waals surface area contributed by atoms with Crippen molar-refractivity contribution < 1.29 is 0 Å². The number of piperidine rings is 1. The third-order valence-corrected chi connectivity index (χ3v) is 4.60. The predicted molar refractivity (Wildman–Crippen MR) is 82.3 cm³/mol. The van der Waals surface area contributed by atoms with Crippen molar-refractivity contribution in [2.45, 2.75) is 39.7 Å². The first-order valence-electron chi connectivity index (χ1n) is 7.04. The number of hydrogen-bond donors (Lipinski definition) is 0. The molecule has 1 heterocycles. The molecule has 0 aliphatic carbocycles. The van der Waals surface area contributed by atoms with E-state index in [0.29, 0.717) is 0 Å². The molecule has 1 aromatic rings. The second-order valence-electron chi connectivity index (χ2n) is 5.59. The van der Waals surface area contributed by atoms with E-state index in [-0.39, 0.29) is 0 Å². The SMILES string of the molecule is Cc1cccc(C)c1CN1CCCC(CCBr)C1. The Morgan fingerprint density at radius 1 is 1.28 bits per heavy atom. The summed E-state index contributed by atoms with van der Waals surface area (Å²) in [4.78, 5) is 2.64. The molecule has 0 radical (unpaired) electrons. The van der Waals surface area contributed by atoms with Gasteiger partial charge in [0.2, 0.25) is 0 Å². The average molecular weight is 310 g/mol. The first-order valence-corrected chi connectivity index (χ1v) is 8.16. The number of hydrogen-bond acceptors (Lipinski definition) is 1. The minimum absolute atomic E-state index is 0.891. The summed E-state index contributed by atoms with van der Waals surface area (Å²) < 4.78 is 0. The van der Waals surface area contributed by atoms with Gasteiger partial charge in [-0.1, -0.05) is 34.1 Å². The van der Waals surface area contributed by atoms with E-state index in [9.17, 15) is 0 Å². The number of aryl methyl sites for hydroxylation is 2. The smallest absolute Gasteiger partial charge is 0.0239 e. The lowest BCUT2D eigenvalue weighted by Gasteiger charge is -2.33. The van der Waals surface area contributed by atoms with E-state index in [0.717, 1.165) is 17.8 Å². The lowest BCUT2D eigenvalue weighted by atomic mass is 9.94. The first-order chi connectivity index (χ1) is 8.70. The van der Waals surface area contributed by atoms with Crippen LogP contribution in [0.4, 0.5) is 0 Å². The molecule has 100 valence electrons. The van der Waals surface area contributed by atoms with Crippen LogP contribution in [0.15, 0.2) is 18.2 Å². The standard InChI is InChI=1S/C16H24BrN/c1-13-5-3-6-14(2)16(13)12-18-10-4-7-15(11-18)8-9-17/h3,5-6,15H,4,7-12H2,1-2H3. The van der Waals surface area contributed by atoms with Crippen molar-refractivity contribution in [2.24, 2.45) is 5.92 Å². The lowest BCUT2D eigenvalue weighted by Crippen LogP contribution is -2.35. The Morgan fingerprint density at radius 3 is 2.67 bits per heavy atom. The van der Waals surface area contributed by atoms with Crippen molar-refractivity contribution >= 4 is 15.9 Å². The Bertz CT molecular complexity index is 366. The molecule has 0 spiro atoms. The quantitative estimate of drug-likeness (QED) is 0.750. The summed E-state index contributed by atoms with van der Waals surface area (Å²) in [6, 6.07) is 6.64. The fraction of sp³-hybridized carbons (Fsp3) is 0.625. The van der Waals surface area contributed by atoms with Crippen LogP contribution in [0.5, 0.6) is 0 Å². The van der Waals surface area contributed by atoms with Crippen LogP contribution in [0.1, 0.15) is 36.0 Å². The third kappa shape index (κ3) is 3.58. The summed E-state index contributed by atoms with van der Waals surface area (Å²) in [6.07, 6.45) is 4.10. The molecule has 1 saturated heterocycles. The van der Waals surface area contributed by atoms with Crippen molar-refractivity contribution in [3.05, 3.63) is 34.9 Å². The third-order valence-electron chi connectivity index (χ3n) is 4.15. The van der Waals surface area contributed by atoms with Crippen LogP contribution in [0, 0.1) is 19.8 Å². The number of rotatable bonds is 4. The minimum Gasteiger partial charge on any atom is -0.299 e. The monoisotopic (exact) mass is 309 g/mol. The molecule has 1 nitrogen and oxygen atoms in total. The van der Waals surface area contributed by atoms with E-state index in [1.54, 1.807) is 0 Å². The maximum atomic E-state index is 3.58. The van der Waals surface area contributed by atoms with Crippen molar-refractivity contribution in [3.8, 4) is 0 Å². The molecule has 0 aromatic heterocycles. The molecule has 1 aromatic carbocycles. The molecule has 0 amide bonds. The molecule has 0 N–H and O–H groups in total. The molecule has 0 saturated carbocycles. The van der Waals surface area contributed by atoms with Gasteiger partial charge in [0, 0.05) is 18.4 Å². The van der Waals surface area contributed by atoms with Gasteiger partial charge in [0.25, 0.3) is 0 Å². The highest BCUT2D eigenvalue weighted by Gasteiger charge is 2.20. The fourth-order valence-electron chi connectivity index (χ4n) is 3.01. The number of benzene rings is 1. The maximum absolute atomic E-state index is 3.58. The highest BCUT2D eigenvalue weighted by atomic mass is 79.9. The molecule has 1 unspecified atom stereocenters. The van der Waals surface area contributed by atoms with Crippen LogP contribution in [0.25, 0.3) is 0 Å². The second-order valence-corrected chi connectivity index (χ2v) is 6.38. The number of nitrogens with zero attached hydrogens (tertiary/aromatic N) is 1. The van der Waals surface area contributed by atoms with Gasteiger partial charge in [-0.05, 0) is 62.3 Å². The first kappa shape index (κ1) is 14.1. The zero-order valence-electron chi connectivity index (χ0n) is 11.6. The summed E-state index contributed by atoms with van der Waals surface area (Å²) in [5.74, 6) is 0.891. The second kappa shape index (κ2) is 6.72. The van der Waals surface area contributed by atoms with E-state index in [2.05, 4.69) is 52.9 Å². The summed E-state index contributed by atoms with van der Waals surface area (Å²) in [7, 11) is 0. The zero-order chi connectivity index (χ0) is 13.0. The average Bonchev–Trinajstić information content (AvgIpc) is 2.35. The fourth-order valence-corrected chi connectivity index (χ4v) is 3.65. The topological polar surface area (TPSA) is 3.24 Å². The van der Waals surface area contributed by atoms with Gasteiger partial charge < -0.3 is 0 Å². The Hall–Kier alpha value is -0.340. The molecular formula is C16H24BrN. The highest BCUT2D eigenvalue weighted by molar-refractivity contribution is 9.09. The molecule has 1 aliphatic heterocycles. The van der Waals surface area contributed by atoms with Crippen molar-refractivity contribution in [2.75, 3.05) is 18.4 Å². The Labute approximate surface area is 120 Å². The van der Waals surface area contributed by atoms with Crippen LogP contribution in [-0.2, 0) is 6.54 Å². The Balaban J connectivity index is 2.00. The van der Waals surface area contributed by atoms with Crippen LogP contribution in [-0.4, -0.2) is 23.3 Å². The van der Waals surface area contributed by atoms with Crippen LogP contribution in [0.3, 0.4) is 0 Å². The van der Waals surface area contributed by atoms with Crippen molar-refractivity contribution in [1.82, 2.24) is 4.90 Å². The van der Waals surface area contributed by atoms with Crippen molar-refractivity contribution in [1.29, 1.82) is 0 Å². The molecule has 1 fully saturated rings. The number of halogens is 1. The van der Waals surface area contributed by atoms with Gasteiger partial charge in [-0.3, -0.25) is 4.90 Å². The summed E-state index contributed by atoms with van der Waals surface area (Å²) in [6.45, 7) is 8.16. The van der Waals surface area contributed by atoms with Gasteiger partial charge in [0.1, 0.15) is 0 Å². The van der Waals surface area contributed by atoms with Crippen LogP contribution >= 0.6 is 15.9 Å². The van der Waals surface area contributed by atoms with Gasteiger partial charge in [-0.15, -0.1) is 0 Å². The van der Waals surface area contributed by atoms with Crippen LogP contribution < -0.4 is 0 Å². The Morgan fingerprint density at radius 2 is 2.00 bits per heavy atom. The minimum atomic E-state index is 0.891. The predicted octanol–water partition coefficient (Wildman–Crippen LogP) is 4.30. The van der Waals surface area contributed by atoms with Crippen LogP contribution in [0.2, 0.25) is 0 Å². The van der Waals surface area contributed by atoms with Gasteiger partial charge in [0.05, 0.1) is 0 Å². The van der Waals surface area contributed by atoms with Crippen molar-refractivity contribution in [3.63, 3.8) is 0 Å². The zero-order valence-corrected chi connectivity index (χ0v) is 13.2. The summed E-state index contributed by atoms with van der Waals surface area (Å²) in [5, 5.41) is 1.15. The Kier molecular flexibility index (Phi) is 5.25. The van der Waals surface area contributed by atoms with E-state index < -0.39 is 0 Å². The lowest BCUT2D eigenvalue weighted by molar-refractivity contribution is 0.165. The van der Waals surface area contributed by atoms with Gasteiger partial charge >= 0.3 is 0 Å². The van der Waals surface area contributed by atoms with E-state index in [1.807, 2.05) is 0 Å². The van der Waals surface area contributed by atoms with Gasteiger partial charge in [0.15, 0.2) is 0 Å². The van der Waals surface area contributed by atoms with Gasteiger partial charge in [-0.25, -0.2) is 0 Å². The molecule has 1 aliphatic rings. The summed E-state index contributed by atoms with van der Waals surface area (Å²) >= 11 is 3.58. The normalized spacial score (nSPS) is 21.2. The molecule has 1 atom stereocenters. The molecule has 18 heavy (non-hydrogen) atoms. The maximum Gasteiger partial charge on any atom is 0.0239 e. The van der Waals surface area contributed by atoms with E-state index in [1.165, 1.54) is 49.0 Å². The van der Waals surface area contributed by atoms with Gasteiger partial charge in [-0.2, -0.15) is 0 Å². The number of alkyl halides is 1. The molecule has 0 bridgehead atoms. The molecular weight excluding hydrogens is 286 g/mol. The molecule has 2 heteroatoms. The van der Waals surface area contributed by atoms with E-state index >= 15 is 0 Å². The van der Waals surface area contributed by atoms with E-state index in [4.69, 9.17) is 0 Å². The summed E-state index contributed by atoms with van der Waals surface area (Å²) in [5.41, 5.74) is 4.42. The molecule has 2 rings (SSSR count).